The Labute approximate surface area is 90.0 Å². The van der Waals surface area contributed by atoms with Crippen LogP contribution in [-0.2, 0) is 13.1 Å². The molecule has 15 heavy (non-hydrogen) atoms. The van der Waals surface area contributed by atoms with Crippen molar-refractivity contribution < 1.29 is 0 Å². The van der Waals surface area contributed by atoms with E-state index in [4.69, 9.17) is 0 Å². The molecule has 0 unspecified atom stereocenters. The fourth-order valence-electron chi connectivity index (χ4n) is 1.38. The summed E-state index contributed by atoms with van der Waals surface area (Å²) < 4.78 is 0. The van der Waals surface area contributed by atoms with E-state index in [0.717, 1.165) is 18.8 Å². The zero-order chi connectivity index (χ0) is 10.3. The van der Waals surface area contributed by atoms with Gasteiger partial charge in [0.1, 0.15) is 0 Å². The van der Waals surface area contributed by atoms with Gasteiger partial charge in [0, 0.05) is 19.3 Å². The van der Waals surface area contributed by atoms with Gasteiger partial charge < -0.3 is 5.32 Å². The molecule has 1 radical (unpaired) electrons. The number of hydrogen-bond acceptors (Lipinski definition) is 2. The summed E-state index contributed by atoms with van der Waals surface area (Å²) in [7, 11) is 0. The monoisotopic (exact) mass is 197 g/mol. The first-order chi connectivity index (χ1) is 7.45. The molecule has 0 amide bonds. The Kier molecular flexibility index (Phi) is 3.47. The quantitative estimate of drug-likeness (QED) is 0.812. The molecule has 2 nitrogen and oxygen atoms in total. The van der Waals surface area contributed by atoms with Gasteiger partial charge in [-0.15, -0.1) is 0 Å². The van der Waals surface area contributed by atoms with E-state index < -0.39 is 0 Å². The maximum absolute atomic E-state index is 4.24. The molecule has 0 aliphatic heterocycles. The van der Waals surface area contributed by atoms with Crippen LogP contribution in [0.4, 0.5) is 0 Å². The van der Waals surface area contributed by atoms with Crippen LogP contribution in [0, 0.1) is 6.07 Å². The highest BCUT2D eigenvalue weighted by Gasteiger charge is 1.93. The highest BCUT2D eigenvalue weighted by Crippen LogP contribution is 1.98. The van der Waals surface area contributed by atoms with E-state index in [1.54, 1.807) is 0 Å². The lowest BCUT2D eigenvalue weighted by atomic mass is 10.2. The topological polar surface area (TPSA) is 24.9 Å². The molecular weight excluding hydrogens is 184 g/mol. The summed E-state index contributed by atoms with van der Waals surface area (Å²) in [6.45, 7) is 1.67. The number of hydrogen-bond donors (Lipinski definition) is 1. The Hall–Kier alpha value is -1.67. The van der Waals surface area contributed by atoms with Gasteiger partial charge in [0.25, 0.3) is 0 Å². The highest BCUT2D eigenvalue weighted by molar-refractivity contribution is 5.13. The molecule has 1 N–H and O–H groups in total. The van der Waals surface area contributed by atoms with Gasteiger partial charge in [-0.1, -0.05) is 30.3 Å². The van der Waals surface area contributed by atoms with Crippen LogP contribution in [0.25, 0.3) is 0 Å². The van der Waals surface area contributed by atoms with Crippen molar-refractivity contribution in [2.24, 2.45) is 0 Å². The van der Waals surface area contributed by atoms with Crippen LogP contribution >= 0.6 is 0 Å². The van der Waals surface area contributed by atoms with E-state index >= 15 is 0 Å². The maximum atomic E-state index is 4.24. The van der Waals surface area contributed by atoms with Gasteiger partial charge >= 0.3 is 0 Å². The Balaban J connectivity index is 1.81. The fraction of sp³-hybridized carbons (Fsp3) is 0.154. The molecular formula is C13H13N2. The molecule has 0 atom stereocenters. The summed E-state index contributed by atoms with van der Waals surface area (Å²) in [6, 6.07) is 16.9. The van der Waals surface area contributed by atoms with Crippen LogP contribution in [0.15, 0.2) is 48.7 Å². The van der Waals surface area contributed by atoms with Crippen LogP contribution in [0.2, 0.25) is 0 Å². The van der Waals surface area contributed by atoms with E-state index in [0.29, 0.717) is 0 Å². The normalized spacial score (nSPS) is 10.1. The molecule has 2 rings (SSSR count). The van der Waals surface area contributed by atoms with Gasteiger partial charge in [0.05, 0.1) is 5.69 Å². The number of aromatic nitrogens is 1. The highest BCUT2D eigenvalue weighted by atomic mass is 14.9. The van der Waals surface area contributed by atoms with Gasteiger partial charge in [-0.05, 0) is 23.8 Å². The van der Waals surface area contributed by atoms with E-state index in [2.05, 4.69) is 28.5 Å². The van der Waals surface area contributed by atoms with Crippen molar-refractivity contribution in [1.82, 2.24) is 10.3 Å². The lowest BCUT2D eigenvalue weighted by molar-refractivity contribution is 0.680. The van der Waals surface area contributed by atoms with Crippen LogP contribution in [0.5, 0.6) is 0 Å². The van der Waals surface area contributed by atoms with Gasteiger partial charge in [0.15, 0.2) is 0 Å². The number of nitrogens with zero attached hydrogens (tertiary/aromatic N) is 1. The fourth-order valence-corrected chi connectivity index (χ4v) is 1.38. The molecule has 0 saturated carbocycles. The van der Waals surface area contributed by atoms with Gasteiger partial charge in [-0.2, -0.15) is 0 Å². The second kappa shape index (κ2) is 5.27. The van der Waals surface area contributed by atoms with Gasteiger partial charge in [0.2, 0.25) is 0 Å². The van der Waals surface area contributed by atoms with Crippen LogP contribution in [0.1, 0.15) is 11.3 Å². The van der Waals surface area contributed by atoms with Gasteiger partial charge in [-0.25, -0.2) is 0 Å². The van der Waals surface area contributed by atoms with E-state index in [1.807, 2.05) is 36.5 Å². The third-order valence-corrected chi connectivity index (χ3v) is 2.15. The molecule has 0 spiro atoms. The smallest absolute Gasteiger partial charge is 0.0541 e. The molecule has 75 valence electrons. The zero-order valence-electron chi connectivity index (χ0n) is 8.48. The summed E-state index contributed by atoms with van der Waals surface area (Å²) in [6.07, 6.45) is 1.81. The molecule has 0 fully saturated rings. The predicted octanol–water partition coefficient (Wildman–Crippen LogP) is 2.17. The van der Waals surface area contributed by atoms with Crippen molar-refractivity contribution in [3.63, 3.8) is 0 Å². The Morgan fingerprint density at radius 2 is 1.93 bits per heavy atom. The predicted molar refractivity (Wildman–Crippen MR) is 60.1 cm³/mol. The molecule has 0 saturated heterocycles. The molecule has 0 aliphatic carbocycles. The van der Waals surface area contributed by atoms with Crippen molar-refractivity contribution in [2.75, 3.05) is 0 Å². The molecule has 0 bridgehead atoms. The second-order valence-corrected chi connectivity index (χ2v) is 3.33. The van der Waals surface area contributed by atoms with Crippen molar-refractivity contribution in [1.29, 1.82) is 0 Å². The Morgan fingerprint density at radius 1 is 1.07 bits per heavy atom. The first-order valence-electron chi connectivity index (χ1n) is 5.01. The van der Waals surface area contributed by atoms with E-state index in [1.165, 1.54) is 5.56 Å². The van der Waals surface area contributed by atoms with Crippen LogP contribution in [-0.4, -0.2) is 4.98 Å². The summed E-state index contributed by atoms with van der Waals surface area (Å²) in [5, 5.41) is 3.34. The lowest BCUT2D eigenvalue weighted by Crippen LogP contribution is -2.13. The summed E-state index contributed by atoms with van der Waals surface area (Å²) >= 11 is 0. The minimum absolute atomic E-state index is 0.805. The average Bonchev–Trinajstić information content (AvgIpc) is 2.32. The third-order valence-electron chi connectivity index (χ3n) is 2.15. The number of rotatable bonds is 4. The number of nitrogens with one attached hydrogen (secondary N) is 1. The summed E-state index contributed by atoms with van der Waals surface area (Å²) in [5.74, 6) is 0. The molecule has 2 aromatic rings. The minimum Gasteiger partial charge on any atom is -0.307 e. The standard InChI is InChI=1S/C13H13N2/c1-2-6-12(7-3-1)10-14-11-13-8-4-5-9-15-13/h2-9,14H,10-11H2. The summed E-state index contributed by atoms with van der Waals surface area (Å²) in [4.78, 5) is 4.24. The SMILES string of the molecule is [c]1ccc(CNCc2ccccn2)cc1. The number of benzene rings is 1. The van der Waals surface area contributed by atoms with Crippen molar-refractivity contribution in [2.45, 2.75) is 13.1 Å². The maximum Gasteiger partial charge on any atom is 0.0541 e. The van der Waals surface area contributed by atoms with E-state index in [9.17, 15) is 0 Å². The Bertz CT molecular complexity index is 344. The van der Waals surface area contributed by atoms with Crippen LogP contribution < -0.4 is 5.32 Å². The lowest BCUT2D eigenvalue weighted by Gasteiger charge is -2.03. The summed E-state index contributed by atoms with van der Waals surface area (Å²) in [5.41, 5.74) is 2.34. The van der Waals surface area contributed by atoms with Crippen LogP contribution in [0.3, 0.4) is 0 Å². The molecule has 2 heteroatoms. The molecule has 1 aromatic carbocycles. The van der Waals surface area contributed by atoms with Gasteiger partial charge in [-0.3, -0.25) is 4.98 Å². The number of pyridine rings is 1. The van der Waals surface area contributed by atoms with E-state index in [-0.39, 0.29) is 0 Å². The van der Waals surface area contributed by atoms with Crippen molar-refractivity contribution in [3.8, 4) is 0 Å². The first kappa shape index (κ1) is 9.87. The third kappa shape index (κ3) is 3.18. The molecule has 1 heterocycles. The molecule has 1 aromatic heterocycles. The van der Waals surface area contributed by atoms with Crippen molar-refractivity contribution in [3.05, 3.63) is 66.0 Å². The first-order valence-corrected chi connectivity index (χ1v) is 5.01. The molecule has 0 aliphatic rings. The average molecular weight is 197 g/mol. The zero-order valence-corrected chi connectivity index (χ0v) is 8.48. The van der Waals surface area contributed by atoms with Crippen molar-refractivity contribution >= 4 is 0 Å². The minimum atomic E-state index is 0.805. The second-order valence-electron chi connectivity index (χ2n) is 3.33. The Morgan fingerprint density at radius 3 is 2.67 bits per heavy atom. The largest absolute Gasteiger partial charge is 0.307 e.